The van der Waals surface area contributed by atoms with Gasteiger partial charge in [-0.3, -0.25) is 0 Å². The highest BCUT2D eigenvalue weighted by molar-refractivity contribution is 4.73. The number of nitrogens with two attached hydrogens (primary N) is 1. The molecular weight excluding hydrogens is 142 g/mol. The second kappa shape index (κ2) is 4.04. The molecule has 3 heteroatoms. The molecule has 1 aliphatic heterocycles. The Kier molecular flexibility index (Phi) is 3.30. The van der Waals surface area contributed by atoms with E-state index >= 15 is 0 Å². The molecule has 0 aromatic carbocycles. The van der Waals surface area contributed by atoms with Gasteiger partial charge in [-0.15, -0.1) is 0 Å². The summed E-state index contributed by atoms with van der Waals surface area (Å²) < 4.78 is 5.52. The molecule has 0 radical (unpaired) electrons. The maximum absolute atomic E-state index is 9.20. The predicted molar refractivity (Wildman–Crippen MR) is 43.2 cm³/mol. The third-order valence-corrected chi connectivity index (χ3v) is 2.13. The number of aliphatic hydroxyl groups excluding tert-OH is 1. The Hall–Kier alpha value is -0.120. The highest BCUT2D eigenvalue weighted by atomic mass is 16.5. The average molecular weight is 159 g/mol. The highest BCUT2D eigenvalue weighted by Crippen LogP contribution is 2.22. The van der Waals surface area contributed by atoms with Gasteiger partial charge in [-0.2, -0.15) is 0 Å². The maximum atomic E-state index is 9.20. The van der Waals surface area contributed by atoms with Crippen LogP contribution in [0.15, 0.2) is 0 Å². The highest BCUT2D eigenvalue weighted by Gasteiger charge is 2.23. The zero-order valence-electron chi connectivity index (χ0n) is 6.99. The molecular formula is C8H17NO2. The van der Waals surface area contributed by atoms with Gasteiger partial charge in [0.1, 0.15) is 0 Å². The molecule has 1 rings (SSSR count). The first-order chi connectivity index (χ1) is 5.22. The fourth-order valence-electron chi connectivity index (χ4n) is 1.46. The molecule has 1 saturated heterocycles. The zero-order chi connectivity index (χ0) is 8.27. The average Bonchev–Trinajstić information content (AvgIpc) is 2.35. The summed E-state index contributed by atoms with van der Waals surface area (Å²) >= 11 is 0. The lowest BCUT2D eigenvalue weighted by atomic mass is 10.1. The van der Waals surface area contributed by atoms with Crippen molar-refractivity contribution in [1.29, 1.82) is 0 Å². The van der Waals surface area contributed by atoms with Crippen molar-refractivity contribution in [2.45, 2.75) is 44.5 Å². The molecule has 3 nitrogen and oxygen atoms in total. The normalized spacial score (nSPS) is 34.1. The first kappa shape index (κ1) is 8.97. The van der Waals surface area contributed by atoms with Gasteiger partial charge < -0.3 is 15.6 Å². The van der Waals surface area contributed by atoms with Crippen LogP contribution in [-0.2, 0) is 4.74 Å². The third kappa shape index (κ3) is 2.77. The van der Waals surface area contributed by atoms with E-state index in [1.807, 2.05) is 0 Å². The SMILES string of the molecule is CC1CCC(CC(O)CN)O1. The molecule has 11 heavy (non-hydrogen) atoms. The van der Waals surface area contributed by atoms with Crippen LogP contribution < -0.4 is 5.73 Å². The van der Waals surface area contributed by atoms with E-state index in [9.17, 15) is 5.11 Å². The Morgan fingerprint density at radius 3 is 2.82 bits per heavy atom. The van der Waals surface area contributed by atoms with Gasteiger partial charge in [-0.05, 0) is 19.8 Å². The van der Waals surface area contributed by atoms with Gasteiger partial charge in [-0.1, -0.05) is 0 Å². The predicted octanol–water partition coefficient (Wildman–Crippen LogP) is 0.264. The summed E-state index contributed by atoms with van der Waals surface area (Å²) in [7, 11) is 0. The van der Waals surface area contributed by atoms with Crippen LogP contribution in [0, 0.1) is 0 Å². The van der Waals surface area contributed by atoms with Crippen molar-refractivity contribution in [2.75, 3.05) is 6.54 Å². The first-order valence-corrected chi connectivity index (χ1v) is 4.26. The molecule has 3 unspecified atom stereocenters. The van der Waals surface area contributed by atoms with Gasteiger partial charge in [0.05, 0.1) is 18.3 Å². The molecule has 0 aromatic heterocycles. The molecule has 0 aliphatic carbocycles. The molecule has 0 bridgehead atoms. The van der Waals surface area contributed by atoms with Crippen LogP contribution in [0.3, 0.4) is 0 Å². The van der Waals surface area contributed by atoms with Crippen LogP contribution in [0.4, 0.5) is 0 Å². The molecule has 1 aliphatic rings. The summed E-state index contributed by atoms with van der Waals surface area (Å²) in [6.45, 7) is 2.41. The second-order valence-electron chi connectivity index (χ2n) is 3.27. The van der Waals surface area contributed by atoms with E-state index in [1.54, 1.807) is 0 Å². The summed E-state index contributed by atoms with van der Waals surface area (Å²) in [5.74, 6) is 0. The van der Waals surface area contributed by atoms with E-state index in [-0.39, 0.29) is 12.2 Å². The van der Waals surface area contributed by atoms with Crippen molar-refractivity contribution >= 4 is 0 Å². The van der Waals surface area contributed by atoms with Crippen LogP contribution in [-0.4, -0.2) is 30.0 Å². The lowest BCUT2D eigenvalue weighted by molar-refractivity contribution is 0.0219. The molecule has 1 fully saturated rings. The molecule has 0 aromatic rings. The Bertz CT molecular complexity index is 119. The minimum absolute atomic E-state index is 0.239. The number of ether oxygens (including phenoxy) is 1. The van der Waals surface area contributed by atoms with Crippen molar-refractivity contribution in [3.8, 4) is 0 Å². The van der Waals surface area contributed by atoms with Crippen LogP contribution in [0.25, 0.3) is 0 Å². The van der Waals surface area contributed by atoms with Gasteiger partial charge in [-0.25, -0.2) is 0 Å². The summed E-state index contributed by atoms with van der Waals surface area (Å²) in [4.78, 5) is 0. The van der Waals surface area contributed by atoms with Gasteiger partial charge in [0, 0.05) is 13.0 Å². The van der Waals surface area contributed by atoms with Crippen LogP contribution in [0.2, 0.25) is 0 Å². The van der Waals surface area contributed by atoms with Crippen molar-refractivity contribution in [3.05, 3.63) is 0 Å². The fourth-order valence-corrected chi connectivity index (χ4v) is 1.46. The number of hydrogen-bond acceptors (Lipinski definition) is 3. The van der Waals surface area contributed by atoms with E-state index in [0.717, 1.165) is 12.8 Å². The lowest BCUT2D eigenvalue weighted by Gasteiger charge is -2.14. The number of hydrogen-bond donors (Lipinski definition) is 2. The van der Waals surface area contributed by atoms with Crippen molar-refractivity contribution < 1.29 is 9.84 Å². The van der Waals surface area contributed by atoms with Gasteiger partial charge >= 0.3 is 0 Å². The van der Waals surface area contributed by atoms with E-state index < -0.39 is 0 Å². The molecule has 3 atom stereocenters. The minimum atomic E-state index is -0.384. The Morgan fingerprint density at radius 1 is 1.64 bits per heavy atom. The monoisotopic (exact) mass is 159 g/mol. The molecule has 0 spiro atoms. The van der Waals surface area contributed by atoms with Crippen molar-refractivity contribution in [3.63, 3.8) is 0 Å². The molecule has 3 N–H and O–H groups in total. The van der Waals surface area contributed by atoms with Crippen LogP contribution in [0.1, 0.15) is 26.2 Å². The second-order valence-corrected chi connectivity index (χ2v) is 3.27. The summed E-state index contributed by atoms with van der Waals surface area (Å²) in [5, 5.41) is 9.20. The zero-order valence-corrected chi connectivity index (χ0v) is 6.99. The van der Waals surface area contributed by atoms with Gasteiger partial charge in [0.25, 0.3) is 0 Å². The van der Waals surface area contributed by atoms with Crippen molar-refractivity contribution in [1.82, 2.24) is 0 Å². The van der Waals surface area contributed by atoms with E-state index in [4.69, 9.17) is 10.5 Å². The van der Waals surface area contributed by atoms with E-state index in [2.05, 4.69) is 6.92 Å². The molecule has 0 amide bonds. The fraction of sp³-hybridized carbons (Fsp3) is 1.00. The number of rotatable bonds is 3. The van der Waals surface area contributed by atoms with Crippen LogP contribution in [0.5, 0.6) is 0 Å². The Labute approximate surface area is 67.5 Å². The topological polar surface area (TPSA) is 55.5 Å². The molecule has 66 valence electrons. The first-order valence-electron chi connectivity index (χ1n) is 4.26. The minimum Gasteiger partial charge on any atom is -0.392 e. The largest absolute Gasteiger partial charge is 0.392 e. The van der Waals surface area contributed by atoms with Gasteiger partial charge in [0.2, 0.25) is 0 Å². The summed E-state index contributed by atoms with van der Waals surface area (Å²) in [6, 6.07) is 0. The molecule has 0 saturated carbocycles. The summed E-state index contributed by atoms with van der Waals surface area (Å²) in [6.07, 6.45) is 3.10. The standard InChI is InChI=1S/C8H17NO2/c1-6-2-3-8(11-6)4-7(10)5-9/h6-8,10H,2-5,9H2,1H3. The Balaban J connectivity index is 2.17. The third-order valence-electron chi connectivity index (χ3n) is 2.13. The van der Waals surface area contributed by atoms with E-state index in [1.165, 1.54) is 0 Å². The van der Waals surface area contributed by atoms with Crippen molar-refractivity contribution in [2.24, 2.45) is 5.73 Å². The molecule has 1 heterocycles. The van der Waals surface area contributed by atoms with Gasteiger partial charge in [0.15, 0.2) is 0 Å². The Morgan fingerprint density at radius 2 is 2.36 bits per heavy atom. The van der Waals surface area contributed by atoms with Crippen LogP contribution >= 0.6 is 0 Å². The summed E-state index contributed by atoms with van der Waals surface area (Å²) in [5.41, 5.74) is 5.28. The van der Waals surface area contributed by atoms with E-state index in [0.29, 0.717) is 19.1 Å². The maximum Gasteiger partial charge on any atom is 0.0687 e. The quantitative estimate of drug-likeness (QED) is 0.621. The number of aliphatic hydroxyl groups is 1. The smallest absolute Gasteiger partial charge is 0.0687 e. The lowest BCUT2D eigenvalue weighted by Crippen LogP contribution is -2.25.